The van der Waals surface area contributed by atoms with Gasteiger partial charge in [0.25, 0.3) is 0 Å². The molecule has 7 nitrogen and oxygen atoms in total. The van der Waals surface area contributed by atoms with E-state index in [9.17, 15) is 0 Å². The lowest BCUT2D eigenvalue weighted by Gasteiger charge is -2.36. The summed E-state index contributed by atoms with van der Waals surface area (Å²) < 4.78 is 10.8. The number of aromatic nitrogens is 1. The van der Waals surface area contributed by atoms with Gasteiger partial charge in [-0.05, 0) is 24.1 Å². The highest BCUT2D eigenvalue weighted by Crippen LogP contribution is 2.28. The number of nitrogens with one attached hydrogen (secondary N) is 1. The number of rotatable bonds is 8. The first-order valence-corrected chi connectivity index (χ1v) is 11.3. The fourth-order valence-electron chi connectivity index (χ4n) is 3.60. The first kappa shape index (κ1) is 25.7. The predicted octanol–water partition coefficient (Wildman–Crippen LogP) is 3.28. The summed E-state index contributed by atoms with van der Waals surface area (Å²) in [6.45, 7) is 7.86. The third kappa shape index (κ3) is 7.21. The Balaban J connectivity index is 0.00000341. The number of nitrogens with zero attached hydrogens (tertiary/aromatic N) is 4. The van der Waals surface area contributed by atoms with Crippen LogP contribution in [0, 0.1) is 0 Å². The molecule has 172 valence electrons. The molecular formula is C22H34IN5O2S. The van der Waals surface area contributed by atoms with Gasteiger partial charge in [0.05, 0.1) is 19.2 Å². The van der Waals surface area contributed by atoms with Gasteiger partial charge in [0.1, 0.15) is 0 Å². The monoisotopic (exact) mass is 559 g/mol. The van der Waals surface area contributed by atoms with E-state index in [1.807, 2.05) is 19.3 Å². The van der Waals surface area contributed by atoms with Crippen LogP contribution in [0.2, 0.25) is 0 Å². The number of hydrogen-bond acceptors (Lipinski definition) is 6. The number of aryl methyl sites for hydroxylation is 1. The van der Waals surface area contributed by atoms with Crippen LogP contribution in [0.3, 0.4) is 0 Å². The lowest BCUT2D eigenvalue weighted by molar-refractivity contribution is 0.172. The number of thiazole rings is 1. The van der Waals surface area contributed by atoms with Gasteiger partial charge < -0.3 is 19.7 Å². The van der Waals surface area contributed by atoms with Crippen LogP contribution < -0.4 is 14.8 Å². The fourth-order valence-corrected chi connectivity index (χ4v) is 4.46. The summed E-state index contributed by atoms with van der Waals surface area (Å²) in [6, 6.07) is 6.15. The summed E-state index contributed by atoms with van der Waals surface area (Å²) in [5, 5.41) is 4.69. The Kier molecular flexibility index (Phi) is 10.8. The van der Waals surface area contributed by atoms with Gasteiger partial charge in [0.15, 0.2) is 17.5 Å². The van der Waals surface area contributed by atoms with Gasteiger partial charge in [-0.1, -0.05) is 13.0 Å². The van der Waals surface area contributed by atoms with Crippen molar-refractivity contribution < 1.29 is 9.47 Å². The Hall–Kier alpha value is -1.59. The van der Waals surface area contributed by atoms with E-state index in [4.69, 9.17) is 9.47 Å². The normalized spacial score (nSPS) is 14.8. The molecule has 0 amide bonds. The van der Waals surface area contributed by atoms with Gasteiger partial charge in [0.2, 0.25) is 0 Å². The maximum Gasteiger partial charge on any atom is 0.193 e. The molecule has 0 unspecified atom stereocenters. The van der Waals surface area contributed by atoms with Crippen molar-refractivity contribution in [3.63, 3.8) is 0 Å². The summed E-state index contributed by atoms with van der Waals surface area (Å²) in [6.07, 6.45) is 3.98. The number of methoxy groups -OCH3 is 2. The van der Waals surface area contributed by atoms with Crippen molar-refractivity contribution in [3.05, 3.63) is 39.8 Å². The number of halogens is 1. The molecule has 9 heteroatoms. The molecule has 0 atom stereocenters. The Bertz CT molecular complexity index is 837. The Morgan fingerprint density at radius 3 is 2.52 bits per heavy atom. The zero-order chi connectivity index (χ0) is 21.3. The first-order valence-electron chi connectivity index (χ1n) is 10.5. The molecule has 0 bridgehead atoms. The highest BCUT2D eigenvalue weighted by molar-refractivity contribution is 14.0. The van der Waals surface area contributed by atoms with Crippen molar-refractivity contribution >= 4 is 41.3 Å². The Morgan fingerprint density at radius 1 is 1.16 bits per heavy atom. The number of hydrogen-bond donors (Lipinski definition) is 1. The maximum absolute atomic E-state index is 5.43. The number of aliphatic imine (C=N–C) groups is 1. The van der Waals surface area contributed by atoms with Crippen LogP contribution in [0.4, 0.5) is 0 Å². The smallest absolute Gasteiger partial charge is 0.193 e. The van der Waals surface area contributed by atoms with E-state index in [1.165, 1.54) is 15.4 Å². The second kappa shape index (κ2) is 13.1. The largest absolute Gasteiger partial charge is 0.493 e. The van der Waals surface area contributed by atoms with Crippen LogP contribution in [0.15, 0.2) is 29.4 Å². The predicted molar refractivity (Wildman–Crippen MR) is 138 cm³/mol. The molecule has 2 aromatic rings. The van der Waals surface area contributed by atoms with Crippen LogP contribution >= 0.6 is 35.3 Å². The lowest BCUT2D eigenvalue weighted by Crippen LogP contribution is -2.52. The van der Waals surface area contributed by atoms with Crippen molar-refractivity contribution in [2.75, 3.05) is 54.0 Å². The van der Waals surface area contributed by atoms with Crippen molar-refractivity contribution in [2.45, 2.75) is 26.3 Å². The van der Waals surface area contributed by atoms with E-state index < -0.39 is 0 Å². The van der Waals surface area contributed by atoms with Gasteiger partial charge in [-0.2, -0.15) is 0 Å². The SMILES string of the molecule is CCc1cnc(CCNC(=NC)N2CCN(Cc3ccc(OC)c(OC)c3)CC2)s1.I. The summed E-state index contributed by atoms with van der Waals surface area (Å²) >= 11 is 1.81. The fraction of sp³-hybridized carbons (Fsp3) is 0.545. The Labute approximate surface area is 206 Å². The number of ether oxygens (including phenoxy) is 2. The molecule has 1 aliphatic heterocycles. The molecule has 1 N–H and O–H groups in total. The minimum Gasteiger partial charge on any atom is -0.493 e. The average Bonchev–Trinajstić information content (AvgIpc) is 3.25. The van der Waals surface area contributed by atoms with E-state index in [0.717, 1.165) is 69.6 Å². The summed E-state index contributed by atoms with van der Waals surface area (Å²) in [5.74, 6) is 2.53. The van der Waals surface area contributed by atoms with E-state index in [2.05, 4.69) is 44.1 Å². The highest BCUT2D eigenvalue weighted by Gasteiger charge is 2.20. The summed E-state index contributed by atoms with van der Waals surface area (Å²) in [4.78, 5) is 15.1. The third-order valence-corrected chi connectivity index (χ3v) is 6.51. The maximum atomic E-state index is 5.43. The molecule has 1 aromatic carbocycles. The number of piperazine rings is 1. The standard InChI is InChI=1S/C22H33N5O2S.HI/c1-5-18-15-25-21(30-18)8-9-24-22(23-2)27-12-10-26(11-13-27)16-17-6-7-19(28-3)20(14-17)29-4;/h6-7,14-15H,5,8-13,16H2,1-4H3,(H,23,24);1H. The molecule has 0 radical (unpaired) electrons. The molecule has 1 aromatic heterocycles. The van der Waals surface area contributed by atoms with Crippen LogP contribution in [0.25, 0.3) is 0 Å². The molecule has 3 rings (SSSR count). The summed E-state index contributed by atoms with van der Waals surface area (Å²) in [7, 11) is 5.20. The zero-order valence-corrected chi connectivity index (χ0v) is 22.0. The molecular weight excluding hydrogens is 525 g/mol. The number of guanidine groups is 1. The van der Waals surface area contributed by atoms with Gasteiger partial charge in [-0.3, -0.25) is 9.89 Å². The zero-order valence-electron chi connectivity index (χ0n) is 18.9. The van der Waals surface area contributed by atoms with Crippen LogP contribution in [0.5, 0.6) is 11.5 Å². The van der Waals surface area contributed by atoms with E-state index in [-0.39, 0.29) is 24.0 Å². The second-order valence-electron chi connectivity index (χ2n) is 7.25. The van der Waals surface area contributed by atoms with Crippen molar-refractivity contribution in [3.8, 4) is 11.5 Å². The Morgan fingerprint density at radius 2 is 1.90 bits per heavy atom. The molecule has 1 aliphatic rings. The molecule has 31 heavy (non-hydrogen) atoms. The molecule has 1 saturated heterocycles. The topological polar surface area (TPSA) is 62.2 Å². The van der Waals surface area contributed by atoms with E-state index >= 15 is 0 Å². The highest BCUT2D eigenvalue weighted by atomic mass is 127. The molecule has 1 fully saturated rings. The molecule has 0 saturated carbocycles. The molecule has 0 aliphatic carbocycles. The molecule has 2 heterocycles. The third-order valence-electron chi connectivity index (χ3n) is 5.31. The minimum absolute atomic E-state index is 0. The lowest BCUT2D eigenvalue weighted by atomic mass is 10.1. The van der Waals surface area contributed by atoms with Crippen LogP contribution in [-0.4, -0.2) is 74.7 Å². The van der Waals surface area contributed by atoms with Crippen LogP contribution in [0.1, 0.15) is 22.4 Å². The van der Waals surface area contributed by atoms with Gasteiger partial charge >= 0.3 is 0 Å². The van der Waals surface area contributed by atoms with E-state index in [0.29, 0.717) is 0 Å². The second-order valence-corrected chi connectivity index (χ2v) is 8.45. The van der Waals surface area contributed by atoms with Crippen molar-refractivity contribution in [1.82, 2.24) is 20.1 Å². The van der Waals surface area contributed by atoms with Gasteiger partial charge in [-0.15, -0.1) is 35.3 Å². The number of benzene rings is 1. The van der Waals surface area contributed by atoms with Crippen LogP contribution in [-0.2, 0) is 19.4 Å². The van der Waals surface area contributed by atoms with E-state index in [1.54, 1.807) is 25.6 Å². The summed E-state index contributed by atoms with van der Waals surface area (Å²) in [5.41, 5.74) is 1.23. The van der Waals surface area contributed by atoms with Crippen molar-refractivity contribution in [2.24, 2.45) is 4.99 Å². The quantitative estimate of drug-likeness (QED) is 0.305. The van der Waals surface area contributed by atoms with Crippen molar-refractivity contribution in [1.29, 1.82) is 0 Å². The minimum atomic E-state index is 0. The van der Waals surface area contributed by atoms with Gasteiger partial charge in [-0.25, -0.2) is 4.98 Å². The van der Waals surface area contributed by atoms with Gasteiger partial charge in [0, 0.05) is 63.8 Å². The molecule has 0 spiro atoms. The average molecular weight is 560 g/mol. The first-order chi connectivity index (χ1) is 14.7.